The third-order valence-corrected chi connectivity index (χ3v) is 5.22. The SMILES string of the molecule is CCNC(=NCc1cccc(OCc2ccccc2)c1)NCC(C)(O)CN1CCOCC1.I. The molecule has 0 spiro atoms. The molecule has 1 aliphatic heterocycles. The van der Waals surface area contributed by atoms with Gasteiger partial charge in [0.05, 0.1) is 25.4 Å². The third kappa shape index (κ3) is 10.3. The minimum Gasteiger partial charge on any atom is -0.489 e. The highest BCUT2D eigenvalue weighted by molar-refractivity contribution is 14.0. The summed E-state index contributed by atoms with van der Waals surface area (Å²) in [5.41, 5.74) is 1.34. The molecule has 3 N–H and O–H groups in total. The molecule has 33 heavy (non-hydrogen) atoms. The van der Waals surface area contributed by atoms with Crippen molar-refractivity contribution in [2.24, 2.45) is 4.99 Å². The molecule has 0 radical (unpaired) electrons. The highest BCUT2D eigenvalue weighted by Crippen LogP contribution is 2.16. The van der Waals surface area contributed by atoms with Gasteiger partial charge in [-0.05, 0) is 37.1 Å². The Kier molecular flexibility index (Phi) is 11.9. The predicted octanol–water partition coefficient (Wildman–Crippen LogP) is 3.02. The topological polar surface area (TPSA) is 78.4 Å². The molecule has 0 bridgehead atoms. The summed E-state index contributed by atoms with van der Waals surface area (Å²) in [6.07, 6.45) is 0. The summed E-state index contributed by atoms with van der Waals surface area (Å²) in [5, 5.41) is 17.3. The Hall–Kier alpha value is -1.88. The zero-order valence-corrected chi connectivity index (χ0v) is 22.0. The van der Waals surface area contributed by atoms with Gasteiger partial charge < -0.3 is 25.2 Å². The fraction of sp³-hybridized carbons (Fsp3) is 0.480. The molecule has 2 aromatic carbocycles. The normalized spacial score (nSPS) is 16.4. The number of hydrogen-bond acceptors (Lipinski definition) is 5. The van der Waals surface area contributed by atoms with Crippen LogP contribution < -0.4 is 15.4 Å². The van der Waals surface area contributed by atoms with Gasteiger partial charge in [-0.15, -0.1) is 24.0 Å². The molecule has 1 saturated heterocycles. The van der Waals surface area contributed by atoms with Crippen molar-refractivity contribution >= 4 is 29.9 Å². The van der Waals surface area contributed by atoms with Crippen molar-refractivity contribution in [1.82, 2.24) is 15.5 Å². The number of nitrogens with zero attached hydrogens (tertiary/aromatic N) is 2. The van der Waals surface area contributed by atoms with Gasteiger partial charge in [-0.25, -0.2) is 4.99 Å². The number of β-amino-alcohol motifs (C(OH)–C–C–N with tert-alkyl or cyclic N) is 1. The average molecular weight is 569 g/mol. The van der Waals surface area contributed by atoms with E-state index >= 15 is 0 Å². The van der Waals surface area contributed by atoms with Crippen LogP contribution in [0, 0.1) is 0 Å². The maximum absolute atomic E-state index is 10.8. The number of morpholine rings is 1. The molecule has 1 fully saturated rings. The van der Waals surface area contributed by atoms with E-state index in [0.29, 0.717) is 32.2 Å². The number of benzene rings is 2. The Morgan fingerprint density at radius 3 is 2.55 bits per heavy atom. The van der Waals surface area contributed by atoms with Crippen LogP contribution in [0.4, 0.5) is 0 Å². The zero-order valence-electron chi connectivity index (χ0n) is 19.6. The molecule has 1 unspecified atom stereocenters. The van der Waals surface area contributed by atoms with Gasteiger partial charge in [-0.2, -0.15) is 0 Å². The predicted molar refractivity (Wildman–Crippen MR) is 143 cm³/mol. The van der Waals surface area contributed by atoms with Crippen molar-refractivity contribution in [3.05, 3.63) is 65.7 Å². The van der Waals surface area contributed by atoms with Gasteiger partial charge in [0.1, 0.15) is 12.4 Å². The fourth-order valence-corrected chi connectivity index (χ4v) is 3.56. The van der Waals surface area contributed by atoms with E-state index in [2.05, 4.69) is 32.7 Å². The highest BCUT2D eigenvalue weighted by atomic mass is 127. The number of guanidine groups is 1. The summed E-state index contributed by atoms with van der Waals surface area (Å²) < 4.78 is 11.3. The van der Waals surface area contributed by atoms with Gasteiger partial charge in [-0.3, -0.25) is 4.90 Å². The van der Waals surface area contributed by atoms with Gasteiger partial charge in [0.2, 0.25) is 0 Å². The molecule has 1 aliphatic rings. The number of halogens is 1. The average Bonchev–Trinajstić information content (AvgIpc) is 2.81. The van der Waals surface area contributed by atoms with Crippen LogP contribution in [0.15, 0.2) is 59.6 Å². The van der Waals surface area contributed by atoms with Gasteiger partial charge in [0.25, 0.3) is 0 Å². The minimum atomic E-state index is -0.862. The quantitative estimate of drug-likeness (QED) is 0.233. The Balaban J connectivity index is 0.00000385. The van der Waals surface area contributed by atoms with Crippen molar-refractivity contribution < 1.29 is 14.6 Å². The van der Waals surface area contributed by atoms with E-state index in [1.165, 1.54) is 0 Å². The molecule has 1 heterocycles. The molecule has 0 amide bonds. The number of ether oxygens (including phenoxy) is 2. The van der Waals surface area contributed by atoms with E-state index in [-0.39, 0.29) is 24.0 Å². The summed E-state index contributed by atoms with van der Waals surface area (Å²) in [7, 11) is 0. The monoisotopic (exact) mass is 568 g/mol. The number of aliphatic imine (C=N–C) groups is 1. The molecule has 7 nitrogen and oxygen atoms in total. The first-order chi connectivity index (χ1) is 15.5. The van der Waals surface area contributed by atoms with Crippen molar-refractivity contribution in [2.75, 3.05) is 45.9 Å². The van der Waals surface area contributed by atoms with Crippen molar-refractivity contribution in [3.8, 4) is 5.75 Å². The molecule has 3 rings (SSSR count). The van der Waals surface area contributed by atoms with Crippen molar-refractivity contribution in [1.29, 1.82) is 0 Å². The fourth-order valence-electron chi connectivity index (χ4n) is 3.56. The van der Waals surface area contributed by atoms with E-state index in [1.54, 1.807) is 0 Å². The van der Waals surface area contributed by atoms with E-state index in [0.717, 1.165) is 49.7 Å². The molecule has 1 atom stereocenters. The molecular weight excluding hydrogens is 531 g/mol. The standard InChI is InChI=1S/C25H36N4O3.HI/c1-3-26-24(28-19-25(2,30)20-29-12-14-31-15-13-29)27-17-22-10-7-11-23(16-22)32-18-21-8-5-4-6-9-21;/h4-11,16,30H,3,12-15,17-20H2,1-2H3,(H2,26,27,28);1H. The van der Waals surface area contributed by atoms with Gasteiger partial charge in [0.15, 0.2) is 5.96 Å². The molecular formula is C25H37IN4O3. The van der Waals surface area contributed by atoms with Crippen LogP contribution in [0.25, 0.3) is 0 Å². The maximum Gasteiger partial charge on any atom is 0.191 e. The Labute approximate surface area is 214 Å². The zero-order chi connectivity index (χ0) is 22.7. The van der Waals surface area contributed by atoms with Crippen LogP contribution in [0.5, 0.6) is 5.75 Å². The van der Waals surface area contributed by atoms with Gasteiger partial charge >= 0.3 is 0 Å². The minimum absolute atomic E-state index is 0. The first-order valence-electron chi connectivity index (χ1n) is 11.3. The first kappa shape index (κ1) is 27.4. The summed E-state index contributed by atoms with van der Waals surface area (Å²) >= 11 is 0. The van der Waals surface area contributed by atoms with E-state index in [4.69, 9.17) is 9.47 Å². The molecule has 182 valence electrons. The maximum atomic E-state index is 10.8. The highest BCUT2D eigenvalue weighted by Gasteiger charge is 2.25. The second-order valence-electron chi connectivity index (χ2n) is 8.36. The van der Waals surface area contributed by atoms with Crippen molar-refractivity contribution in [3.63, 3.8) is 0 Å². The summed E-state index contributed by atoms with van der Waals surface area (Å²) in [4.78, 5) is 6.92. The van der Waals surface area contributed by atoms with Crippen LogP contribution in [-0.4, -0.2) is 67.5 Å². The lowest BCUT2D eigenvalue weighted by atomic mass is 10.1. The molecule has 2 aromatic rings. The number of rotatable bonds is 10. The second kappa shape index (κ2) is 14.4. The van der Waals surface area contributed by atoms with Gasteiger partial charge in [-0.1, -0.05) is 42.5 Å². The molecule has 0 aromatic heterocycles. The van der Waals surface area contributed by atoms with Crippen LogP contribution in [-0.2, 0) is 17.9 Å². The van der Waals surface area contributed by atoms with E-state index < -0.39 is 5.60 Å². The lowest BCUT2D eigenvalue weighted by molar-refractivity contribution is -0.0201. The van der Waals surface area contributed by atoms with Gasteiger partial charge in [0, 0.05) is 32.7 Å². The lowest BCUT2D eigenvalue weighted by Crippen LogP contribution is -2.52. The Morgan fingerprint density at radius 1 is 1.09 bits per heavy atom. The Bertz CT molecular complexity index is 843. The third-order valence-electron chi connectivity index (χ3n) is 5.22. The van der Waals surface area contributed by atoms with Crippen LogP contribution in [0.2, 0.25) is 0 Å². The Morgan fingerprint density at radius 2 is 1.82 bits per heavy atom. The second-order valence-corrected chi connectivity index (χ2v) is 8.36. The van der Waals surface area contributed by atoms with Crippen molar-refractivity contribution in [2.45, 2.75) is 32.6 Å². The number of hydrogen-bond donors (Lipinski definition) is 3. The first-order valence-corrected chi connectivity index (χ1v) is 11.3. The largest absolute Gasteiger partial charge is 0.489 e. The van der Waals surface area contributed by atoms with Crippen LogP contribution in [0.3, 0.4) is 0 Å². The summed E-state index contributed by atoms with van der Waals surface area (Å²) in [6.45, 7) is 9.86. The van der Waals surface area contributed by atoms with Crippen LogP contribution in [0.1, 0.15) is 25.0 Å². The lowest BCUT2D eigenvalue weighted by Gasteiger charge is -2.34. The number of nitrogens with one attached hydrogen (secondary N) is 2. The van der Waals surface area contributed by atoms with Crippen LogP contribution >= 0.6 is 24.0 Å². The molecule has 8 heteroatoms. The molecule has 0 saturated carbocycles. The number of aliphatic hydroxyl groups is 1. The van der Waals surface area contributed by atoms with E-state index in [1.807, 2.05) is 56.3 Å². The molecule has 0 aliphatic carbocycles. The smallest absolute Gasteiger partial charge is 0.191 e. The summed E-state index contributed by atoms with van der Waals surface area (Å²) in [5.74, 6) is 1.51. The van der Waals surface area contributed by atoms with E-state index in [9.17, 15) is 5.11 Å². The summed E-state index contributed by atoms with van der Waals surface area (Å²) in [6, 6.07) is 18.1.